The first kappa shape index (κ1) is 12.0. The van der Waals surface area contributed by atoms with Crippen LogP contribution in [0.5, 0.6) is 0 Å². The topological polar surface area (TPSA) is 30.0 Å². The number of hydrogen-bond donors (Lipinski definition) is 0. The van der Waals surface area contributed by atoms with Crippen LogP contribution in [0.25, 0.3) is 0 Å². The van der Waals surface area contributed by atoms with Gasteiger partial charge in [0.05, 0.1) is 10.0 Å². The van der Waals surface area contributed by atoms with E-state index in [2.05, 4.69) is 36.8 Å². The minimum absolute atomic E-state index is 0.0816. The summed E-state index contributed by atoms with van der Waals surface area (Å²) in [6.07, 6.45) is -1.60. The molecule has 0 aliphatic rings. The predicted molar refractivity (Wildman–Crippen MR) is 54.8 cm³/mol. The normalized spacial score (nSPS) is 10.7. The van der Waals surface area contributed by atoms with E-state index in [0.717, 1.165) is 6.20 Å². The number of halogens is 5. The van der Waals surface area contributed by atoms with Crippen LogP contribution in [0, 0.1) is 0 Å². The highest BCUT2D eigenvalue weighted by molar-refractivity contribution is 9.11. The molecule has 0 spiro atoms. The average Bonchev–Trinajstić information content (AvgIpc) is 2.02. The van der Waals surface area contributed by atoms with Crippen LogP contribution in [0.15, 0.2) is 15.1 Å². The molecule has 2 nitrogen and oxygen atoms in total. The number of aromatic nitrogens is 1. The Kier molecular flexibility index (Phi) is 3.97. The van der Waals surface area contributed by atoms with E-state index in [9.17, 15) is 13.6 Å². The van der Waals surface area contributed by atoms with Crippen molar-refractivity contribution in [3.8, 4) is 0 Å². The molecule has 1 rings (SSSR count). The first-order valence-corrected chi connectivity index (χ1v) is 5.23. The molecule has 0 saturated heterocycles. The Labute approximate surface area is 99.9 Å². The highest BCUT2D eigenvalue weighted by atomic mass is 79.9. The second-order valence-corrected chi connectivity index (χ2v) is 4.25. The number of carbonyl (C=O) groups is 1. The fourth-order valence-corrected chi connectivity index (χ4v) is 2.48. The molecule has 1 heterocycles. The Hall–Kier alpha value is -0.0700. The van der Waals surface area contributed by atoms with Gasteiger partial charge in [0.25, 0.3) is 11.7 Å². The lowest BCUT2D eigenvalue weighted by Gasteiger charge is -2.07. The van der Waals surface area contributed by atoms with Gasteiger partial charge in [0.1, 0.15) is 5.69 Å². The molecule has 0 aromatic carbocycles. The number of carbonyl (C=O) groups excluding carboxylic acids is 1. The summed E-state index contributed by atoms with van der Waals surface area (Å²) in [5.74, 6) is 0. The fourth-order valence-electron chi connectivity index (χ4n) is 0.817. The van der Waals surface area contributed by atoms with Crippen LogP contribution in [0.3, 0.4) is 0 Å². The molecule has 0 fully saturated rings. The van der Waals surface area contributed by atoms with Gasteiger partial charge in [-0.3, -0.25) is 4.79 Å². The van der Waals surface area contributed by atoms with Gasteiger partial charge >= 0.3 is 0 Å². The van der Waals surface area contributed by atoms with Gasteiger partial charge in [0.2, 0.25) is 0 Å². The fraction of sp³-hybridized carbons (Fsp3) is 0.143. The molecular weight excluding hydrogens is 347 g/mol. The van der Waals surface area contributed by atoms with Crippen molar-refractivity contribution in [1.82, 2.24) is 4.98 Å². The van der Waals surface area contributed by atoms with Crippen LogP contribution in [0.1, 0.15) is 22.5 Å². The molecule has 0 atom stereocenters. The van der Waals surface area contributed by atoms with Crippen molar-refractivity contribution < 1.29 is 13.6 Å². The maximum absolute atomic E-state index is 12.5. The van der Waals surface area contributed by atoms with E-state index < -0.39 is 11.7 Å². The Morgan fingerprint density at radius 3 is 2.50 bits per heavy atom. The first-order chi connectivity index (χ1) is 6.45. The summed E-state index contributed by atoms with van der Waals surface area (Å²) in [6, 6.07) is 0. The lowest BCUT2D eigenvalue weighted by Crippen LogP contribution is -2.00. The minimum Gasteiger partial charge on any atom is -0.274 e. The van der Waals surface area contributed by atoms with Crippen molar-refractivity contribution in [2.24, 2.45) is 0 Å². The van der Waals surface area contributed by atoms with Crippen LogP contribution in [0.2, 0.25) is 0 Å². The van der Waals surface area contributed by atoms with E-state index in [0.29, 0.717) is 0 Å². The van der Waals surface area contributed by atoms with Crippen molar-refractivity contribution in [3.05, 3.63) is 26.4 Å². The highest BCUT2D eigenvalue weighted by Gasteiger charge is 2.21. The second kappa shape index (κ2) is 4.63. The lowest BCUT2D eigenvalue weighted by molar-refractivity contribution is 0.107. The lowest BCUT2D eigenvalue weighted by atomic mass is 10.2. The summed E-state index contributed by atoms with van der Waals surface area (Å²) in [5.41, 5.74) is -0.547. The maximum Gasteiger partial charge on any atom is 0.271 e. The van der Waals surface area contributed by atoms with E-state index >= 15 is 0 Å². The molecule has 0 N–H and O–H groups in total. The first-order valence-electron chi connectivity index (χ1n) is 3.27. The van der Waals surface area contributed by atoms with Crippen LogP contribution in [0.4, 0.5) is 8.78 Å². The smallest absolute Gasteiger partial charge is 0.271 e. The summed E-state index contributed by atoms with van der Waals surface area (Å²) < 4.78 is 25.0. The molecule has 0 aliphatic heterocycles. The van der Waals surface area contributed by atoms with E-state index in [1.165, 1.54) is 0 Å². The second-order valence-electron chi connectivity index (χ2n) is 2.26. The Bertz CT molecular complexity index is 386. The Morgan fingerprint density at radius 2 is 2.07 bits per heavy atom. The molecule has 0 bridgehead atoms. The third-order valence-electron chi connectivity index (χ3n) is 1.41. The third kappa shape index (κ3) is 2.29. The van der Waals surface area contributed by atoms with Gasteiger partial charge in [-0.2, -0.15) is 0 Å². The van der Waals surface area contributed by atoms with Crippen LogP contribution >= 0.6 is 43.5 Å². The third-order valence-corrected chi connectivity index (χ3v) is 3.03. The van der Waals surface area contributed by atoms with Gasteiger partial charge in [-0.25, -0.2) is 13.8 Å². The zero-order chi connectivity index (χ0) is 10.9. The van der Waals surface area contributed by atoms with Gasteiger partial charge in [-0.15, -0.1) is 0 Å². The van der Waals surface area contributed by atoms with E-state index in [1.54, 1.807) is 0 Å². The Morgan fingerprint density at radius 1 is 1.50 bits per heavy atom. The van der Waals surface area contributed by atoms with Crippen molar-refractivity contribution in [2.75, 3.05) is 0 Å². The van der Waals surface area contributed by atoms with Crippen molar-refractivity contribution in [3.63, 3.8) is 0 Å². The molecule has 7 heteroatoms. The zero-order valence-electron chi connectivity index (χ0n) is 6.40. The van der Waals surface area contributed by atoms with Gasteiger partial charge in [0.15, 0.2) is 0 Å². The van der Waals surface area contributed by atoms with Gasteiger partial charge in [-0.05, 0) is 43.5 Å². The molecule has 1 aromatic rings. The average molecular weight is 349 g/mol. The number of rotatable bonds is 2. The van der Waals surface area contributed by atoms with Crippen molar-refractivity contribution in [1.29, 1.82) is 0 Å². The number of pyridine rings is 1. The van der Waals surface area contributed by atoms with Crippen molar-refractivity contribution >= 4 is 48.7 Å². The maximum atomic E-state index is 12.5. The monoisotopic (exact) mass is 347 g/mol. The van der Waals surface area contributed by atoms with Crippen LogP contribution < -0.4 is 0 Å². The standard InChI is InChI=1S/C7H2Br2ClF2NO/c8-2-1-13-5(6(10)14)4(9)3(2)7(11)12/h1,7H. The highest BCUT2D eigenvalue weighted by Crippen LogP contribution is 2.35. The summed E-state index contributed by atoms with van der Waals surface area (Å²) in [6.45, 7) is 0. The van der Waals surface area contributed by atoms with Crippen LogP contribution in [-0.4, -0.2) is 10.2 Å². The molecule has 76 valence electrons. The SMILES string of the molecule is O=C(Cl)c1ncc(Br)c(C(F)F)c1Br. The van der Waals surface area contributed by atoms with Gasteiger partial charge in [0, 0.05) is 10.7 Å². The largest absolute Gasteiger partial charge is 0.274 e. The number of hydrogen-bond acceptors (Lipinski definition) is 2. The van der Waals surface area contributed by atoms with Crippen LogP contribution in [-0.2, 0) is 0 Å². The number of nitrogens with zero attached hydrogens (tertiary/aromatic N) is 1. The zero-order valence-corrected chi connectivity index (χ0v) is 10.3. The molecule has 14 heavy (non-hydrogen) atoms. The summed E-state index contributed by atoms with van der Waals surface area (Å²) in [4.78, 5) is 14.4. The molecule has 1 aromatic heterocycles. The Balaban J connectivity index is 3.41. The molecule has 0 amide bonds. The predicted octanol–water partition coefficient (Wildman–Crippen LogP) is 3.92. The summed E-state index contributed by atoms with van der Waals surface area (Å²) in [7, 11) is 0. The molecule has 0 radical (unpaired) electrons. The summed E-state index contributed by atoms with van der Waals surface area (Å²) >= 11 is 10.9. The minimum atomic E-state index is -2.71. The summed E-state index contributed by atoms with van der Waals surface area (Å²) in [5, 5.41) is -0.883. The van der Waals surface area contributed by atoms with E-state index in [-0.39, 0.29) is 20.2 Å². The van der Waals surface area contributed by atoms with E-state index in [1.807, 2.05) is 0 Å². The molecule has 0 saturated carbocycles. The molecule has 0 aliphatic carbocycles. The molecule has 0 unspecified atom stereocenters. The van der Waals surface area contributed by atoms with Gasteiger partial charge in [-0.1, -0.05) is 0 Å². The quantitative estimate of drug-likeness (QED) is 0.758. The van der Waals surface area contributed by atoms with E-state index in [4.69, 9.17) is 11.6 Å². The van der Waals surface area contributed by atoms with Crippen molar-refractivity contribution in [2.45, 2.75) is 6.43 Å². The van der Waals surface area contributed by atoms with Gasteiger partial charge < -0.3 is 0 Å². The molecular formula is C7H2Br2ClF2NO. The number of alkyl halides is 2.